The van der Waals surface area contributed by atoms with Gasteiger partial charge in [0.15, 0.2) is 11.5 Å². The first-order valence-corrected chi connectivity index (χ1v) is 12.4. The van der Waals surface area contributed by atoms with E-state index >= 15 is 0 Å². The van der Waals surface area contributed by atoms with Crippen LogP contribution >= 0.6 is 0 Å². The molecule has 1 fully saturated rings. The fourth-order valence-corrected chi connectivity index (χ4v) is 4.19. The fourth-order valence-electron chi connectivity index (χ4n) is 4.19. The first-order valence-electron chi connectivity index (χ1n) is 12.4. The summed E-state index contributed by atoms with van der Waals surface area (Å²) in [5.41, 5.74) is 2.50. The summed E-state index contributed by atoms with van der Waals surface area (Å²) >= 11 is 0. The molecule has 0 bridgehead atoms. The van der Waals surface area contributed by atoms with Crippen LogP contribution in [0.3, 0.4) is 0 Å². The third-order valence-corrected chi connectivity index (χ3v) is 6.23. The average Bonchev–Trinajstić information content (AvgIpc) is 3.44. The average molecular weight is 494 g/mol. The van der Waals surface area contributed by atoms with Gasteiger partial charge in [-0.25, -0.2) is 4.98 Å². The Bertz CT molecular complexity index is 1130. The lowest BCUT2D eigenvalue weighted by atomic mass is 10.2. The molecule has 36 heavy (non-hydrogen) atoms. The van der Waals surface area contributed by atoms with Gasteiger partial charge in [0.1, 0.15) is 5.82 Å². The molecule has 2 aromatic carbocycles. The van der Waals surface area contributed by atoms with Crippen molar-refractivity contribution >= 4 is 28.8 Å². The molecule has 0 saturated carbocycles. The Hall–Kier alpha value is -3.78. The van der Waals surface area contributed by atoms with E-state index in [1.807, 2.05) is 60.7 Å². The molecular weight excluding hydrogens is 454 g/mol. The van der Waals surface area contributed by atoms with E-state index in [1.54, 1.807) is 25.3 Å². The third-order valence-electron chi connectivity index (χ3n) is 6.23. The summed E-state index contributed by atoms with van der Waals surface area (Å²) in [6.07, 6.45) is 5.28. The van der Waals surface area contributed by atoms with Crippen molar-refractivity contribution in [2.24, 2.45) is 0 Å². The molecule has 2 N–H and O–H groups in total. The minimum Gasteiger partial charge on any atom is -0.493 e. The maximum Gasteiger partial charge on any atom is 0.246 e. The van der Waals surface area contributed by atoms with Gasteiger partial charge in [0.25, 0.3) is 0 Å². The Morgan fingerprint density at radius 2 is 1.86 bits per heavy atom. The molecule has 1 saturated heterocycles. The van der Waals surface area contributed by atoms with Crippen LogP contribution in [-0.4, -0.2) is 62.7 Å². The van der Waals surface area contributed by atoms with E-state index in [2.05, 4.69) is 20.5 Å². The van der Waals surface area contributed by atoms with Crippen LogP contribution in [0.15, 0.2) is 66.9 Å². The lowest BCUT2D eigenvalue weighted by Gasteiger charge is -2.18. The van der Waals surface area contributed by atoms with E-state index in [0.717, 1.165) is 30.0 Å². The number of rotatable bonds is 12. The fraction of sp³-hybridized carbons (Fsp3) is 0.357. The van der Waals surface area contributed by atoms with Crippen LogP contribution in [0.25, 0.3) is 0 Å². The molecule has 0 spiro atoms. The summed E-state index contributed by atoms with van der Waals surface area (Å²) in [5, 5.41) is 6.51. The van der Waals surface area contributed by atoms with Crippen molar-refractivity contribution in [2.45, 2.75) is 19.3 Å². The zero-order valence-electron chi connectivity index (χ0n) is 21.1. The van der Waals surface area contributed by atoms with E-state index in [0.29, 0.717) is 23.9 Å². The number of para-hydroxylation sites is 1. The number of anilines is 4. The van der Waals surface area contributed by atoms with Gasteiger partial charge in [-0.1, -0.05) is 18.2 Å². The van der Waals surface area contributed by atoms with Crippen molar-refractivity contribution in [2.75, 3.05) is 62.5 Å². The van der Waals surface area contributed by atoms with E-state index in [-0.39, 0.29) is 15.3 Å². The number of amides is 1. The number of likely N-dealkylation sites (tertiary alicyclic amines) is 1. The first kappa shape index (κ1) is 25.3. The van der Waals surface area contributed by atoms with Crippen molar-refractivity contribution in [1.29, 1.82) is 0 Å². The standard InChI is InChI=1S/C28H35N5O3.2H2/c1-32(24-9-4-3-5-10-24)28(34)21-30-22-13-14-29-27(20-22)31-23-11-12-25(35-2)26(19-23)36-18-8-17-33-15-6-7-16-33;;/h3-5,9-14,19-20H,6-8,15-18,21H2,1-2H3,(H2,29,30,31);2*1H. The molecule has 8 heteroatoms. The van der Waals surface area contributed by atoms with Crippen molar-refractivity contribution in [3.8, 4) is 11.5 Å². The van der Waals surface area contributed by atoms with Crippen LogP contribution < -0.4 is 25.0 Å². The number of likely N-dealkylation sites (N-methyl/N-ethyl adjacent to an activating group) is 1. The van der Waals surface area contributed by atoms with Crippen molar-refractivity contribution in [3.05, 3.63) is 66.9 Å². The number of hydrogen-bond donors (Lipinski definition) is 2. The highest BCUT2D eigenvalue weighted by Gasteiger charge is 2.12. The molecule has 0 aliphatic carbocycles. The van der Waals surface area contributed by atoms with Crippen LogP contribution in [-0.2, 0) is 4.79 Å². The maximum atomic E-state index is 12.6. The highest BCUT2D eigenvalue weighted by Crippen LogP contribution is 2.31. The second kappa shape index (κ2) is 12.8. The van der Waals surface area contributed by atoms with Gasteiger partial charge < -0.3 is 29.9 Å². The second-order valence-corrected chi connectivity index (χ2v) is 8.81. The van der Waals surface area contributed by atoms with Gasteiger partial charge >= 0.3 is 0 Å². The molecule has 1 amide bonds. The van der Waals surface area contributed by atoms with Crippen LogP contribution in [0, 0.1) is 0 Å². The van der Waals surface area contributed by atoms with Crippen molar-refractivity contribution < 1.29 is 17.1 Å². The number of nitrogens with one attached hydrogen (secondary N) is 2. The van der Waals surface area contributed by atoms with Crippen LogP contribution in [0.2, 0.25) is 0 Å². The summed E-state index contributed by atoms with van der Waals surface area (Å²) in [6.45, 7) is 4.27. The molecule has 194 valence electrons. The number of hydrogen-bond acceptors (Lipinski definition) is 7. The Morgan fingerprint density at radius 1 is 1.06 bits per heavy atom. The quantitative estimate of drug-likeness (QED) is 0.333. The van der Waals surface area contributed by atoms with Gasteiger partial charge in [0.05, 0.1) is 20.3 Å². The minimum absolute atomic E-state index is 0. The molecule has 1 aliphatic heterocycles. The summed E-state index contributed by atoms with van der Waals surface area (Å²) in [6, 6.07) is 19.0. The third kappa shape index (κ3) is 7.11. The Balaban J connectivity index is 0.00000253. The predicted octanol–water partition coefficient (Wildman–Crippen LogP) is 5.27. The Labute approximate surface area is 216 Å². The number of methoxy groups -OCH3 is 1. The molecule has 0 unspecified atom stereocenters. The largest absolute Gasteiger partial charge is 0.493 e. The monoisotopic (exact) mass is 493 g/mol. The number of carbonyl (C=O) groups is 1. The normalized spacial score (nSPS) is 13.3. The molecule has 4 rings (SSSR count). The van der Waals surface area contributed by atoms with E-state index in [4.69, 9.17) is 9.47 Å². The summed E-state index contributed by atoms with van der Waals surface area (Å²) in [4.78, 5) is 21.1. The number of ether oxygens (including phenoxy) is 2. The van der Waals surface area contributed by atoms with E-state index in [9.17, 15) is 4.79 Å². The maximum absolute atomic E-state index is 12.6. The summed E-state index contributed by atoms with van der Waals surface area (Å²) in [5.74, 6) is 2.03. The zero-order chi connectivity index (χ0) is 25.2. The summed E-state index contributed by atoms with van der Waals surface area (Å²) in [7, 11) is 3.42. The lowest BCUT2D eigenvalue weighted by Crippen LogP contribution is -2.32. The number of benzene rings is 2. The first-order chi connectivity index (χ1) is 17.6. The zero-order valence-corrected chi connectivity index (χ0v) is 21.1. The second-order valence-electron chi connectivity index (χ2n) is 8.81. The summed E-state index contributed by atoms with van der Waals surface area (Å²) < 4.78 is 11.5. The topological polar surface area (TPSA) is 79.0 Å². The predicted molar refractivity (Wildman–Crippen MR) is 149 cm³/mol. The van der Waals surface area contributed by atoms with Gasteiger partial charge in [-0.15, -0.1) is 0 Å². The van der Waals surface area contributed by atoms with Gasteiger partial charge in [-0.2, -0.15) is 0 Å². The molecule has 8 nitrogen and oxygen atoms in total. The van der Waals surface area contributed by atoms with E-state index < -0.39 is 0 Å². The van der Waals surface area contributed by atoms with Crippen molar-refractivity contribution in [3.63, 3.8) is 0 Å². The Kier molecular flexibility index (Phi) is 8.99. The van der Waals surface area contributed by atoms with Crippen molar-refractivity contribution in [1.82, 2.24) is 9.88 Å². The van der Waals surface area contributed by atoms with Crippen LogP contribution in [0.5, 0.6) is 11.5 Å². The van der Waals surface area contributed by atoms with Crippen LogP contribution in [0.1, 0.15) is 22.1 Å². The molecule has 3 aromatic rings. The van der Waals surface area contributed by atoms with Crippen LogP contribution in [0.4, 0.5) is 22.9 Å². The SMILES string of the molecule is COc1ccc(Nc2cc(NCC(=O)N(C)c3ccccc3)ccn2)cc1OCCCN1CCCC1.[HH].[HH]. The number of aromatic nitrogens is 1. The minimum atomic E-state index is -0.0332. The smallest absolute Gasteiger partial charge is 0.246 e. The number of carbonyl (C=O) groups excluding carboxylic acids is 1. The molecule has 1 aromatic heterocycles. The molecule has 0 atom stereocenters. The lowest BCUT2D eigenvalue weighted by molar-refractivity contribution is -0.116. The molecule has 2 heterocycles. The molecular formula is C28H39N5O3. The molecule has 1 aliphatic rings. The number of pyridine rings is 1. The molecule has 0 radical (unpaired) electrons. The Morgan fingerprint density at radius 3 is 2.64 bits per heavy atom. The highest BCUT2D eigenvalue weighted by atomic mass is 16.5. The van der Waals surface area contributed by atoms with Gasteiger partial charge in [0.2, 0.25) is 5.91 Å². The number of nitrogens with zero attached hydrogens (tertiary/aromatic N) is 3. The van der Waals surface area contributed by atoms with E-state index in [1.165, 1.54) is 25.9 Å². The van der Waals surface area contributed by atoms with Gasteiger partial charge in [0, 0.05) is 51.8 Å². The highest BCUT2D eigenvalue weighted by molar-refractivity contribution is 5.95. The van der Waals surface area contributed by atoms with Gasteiger partial charge in [-0.05, 0) is 62.7 Å². The van der Waals surface area contributed by atoms with Gasteiger partial charge in [-0.3, -0.25) is 4.79 Å².